The van der Waals surface area contributed by atoms with E-state index in [1.807, 2.05) is 0 Å². The third-order valence-electron chi connectivity index (χ3n) is 1.76. The molecular weight excluding hydrogens is 242 g/mol. The van der Waals surface area contributed by atoms with Crippen LogP contribution in [0.15, 0.2) is 0 Å². The van der Waals surface area contributed by atoms with E-state index >= 15 is 0 Å². The monoisotopic (exact) mass is 250 g/mol. The van der Waals surface area contributed by atoms with Gasteiger partial charge in [0.15, 0.2) is 0 Å². The molecule has 11 heavy (non-hydrogen) atoms. The number of rotatable bonds is 0. The fourth-order valence-corrected chi connectivity index (χ4v) is 2.01. The van der Waals surface area contributed by atoms with E-state index in [0.717, 1.165) is 6.42 Å². The van der Waals surface area contributed by atoms with E-state index < -0.39 is 11.5 Å². The van der Waals surface area contributed by atoms with Gasteiger partial charge in [0.1, 0.15) is 0 Å². The molecule has 0 amide bonds. The van der Waals surface area contributed by atoms with Crippen LogP contribution in [0.5, 0.6) is 0 Å². The molecule has 0 bridgehead atoms. The standard InChI is InChI=1S/C6H9Cl3O.Ti/c7-3-1-2-4(10)6(9)5(3)8;/h3-6,10H,1-2H2;. The molecular formula is C6H9Cl3OTi. The number of hydrogen-bond donors (Lipinski definition) is 1. The van der Waals surface area contributed by atoms with E-state index in [9.17, 15) is 5.11 Å². The maximum Gasteiger partial charge on any atom is 0.0773 e. The Hall–Kier alpha value is 1.54. The summed E-state index contributed by atoms with van der Waals surface area (Å²) in [7, 11) is 0. The van der Waals surface area contributed by atoms with Gasteiger partial charge < -0.3 is 5.11 Å². The summed E-state index contributed by atoms with van der Waals surface area (Å²) in [4.78, 5) is 0. The first-order valence-corrected chi connectivity index (χ1v) is 4.54. The zero-order valence-corrected chi connectivity index (χ0v) is 9.63. The first kappa shape index (κ1) is 12.5. The van der Waals surface area contributed by atoms with Crippen molar-refractivity contribution in [3.05, 3.63) is 0 Å². The molecule has 1 aliphatic rings. The topological polar surface area (TPSA) is 20.2 Å². The van der Waals surface area contributed by atoms with Gasteiger partial charge in [-0.15, -0.1) is 34.8 Å². The van der Waals surface area contributed by atoms with Gasteiger partial charge in [0.25, 0.3) is 0 Å². The van der Waals surface area contributed by atoms with Gasteiger partial charge in [-0.3, -0.25) is 0 Å². The van der Waals surface area contributed by atoms with Gasteiger partial charge >= 0.3 is 0 Å². The Labute approximate surface area is 96.3 Å². The van der Waals surface area contributed by atoms with Gasteiger partial charge in [-0.25, -0.2) is 0 Å². The number of halogens is 3. The maximum absolute atomic E-state index is 9.19. The molecule has 1 fully saturated rings. The summed E-state index contributed by atoms with van der Waals surface area (Å²) in [6.07, 6.45) is 0.922. The summed E-state index contributed by atoms with van der Waals surface area (Å²) in [6, 6.07) is 0. The van der Waals surface area contributed by atoms with E-state index in [4.69, 9.17) is 34.8 Å². The van der Waals surface area contributed by atoms with Crippen molar-refractivity contribution in [2.24, 2.45) is 0 Å². The summed E-state index contributed by atoms with van der Waals surface area (Å²) < 4.78 is 0. The van der Waals surface area contributed by atoms with Crippen molar-refractivity contribution in [3.63, 3.8) is 0 Å². The number of alkyl halides is 3. The molecule has 64 valence electrons. The Kier molecular flexibility index (Phi) is 6.06. The second kappa shape index (κ2) is 5.31. The zero-order valence-electron chi connectivity index (χ0n) is 5.80. The maximum atomic E-state index is 9.19. The van der Waals surface area contributed by atoms with E-state index in [2.05, 4.69) is 0 Å². The molecule has 0 aromatic carbocycles. The normalized spacial score (nSPS) is 44.7. The van der Waals surface area contributed by atoms with Crippen LogP contribution in [0.4, 0.5) is 0 Å². The second-order valence-corrected chi connectivity index (χ2v) is 4.12. The van der Waals surface area contributed by atoms with E-state index in [-0.39, 0.29) is 32.5 Å². The van der Waals surface area contributed by atoms with Crippen molar-refractivity contribution in [1.82, 2.24) is 0 Å². The SMILES string of the molecule is OC1CCC(Cl)C(Cl)C1Cl.[Ti]. The van der Waals surface area contributed by atoms with Gasteiger partial charge in [-0.05, 0) is 12.8 Å². The van der Waals surface area contributed by atoms with Crippen LogP contribution in [0.25, 0.3) is 0 Å². The molecule has 1 rings (SSSR count). The molecule has 1 nitrogen and oxygen atoms in total. The summed E-state index contributed by atoms with van der Waals surface area (Å²) >= 11 is 17.3. The second-order valence-electron chi connectivity index (χ2n) is 2.55. The van der Waals surface area contributed by atoms with Crippen molar-refractivity contribution >= 4 is 34.8 Å². The Morgan fingerprint density at radius 1 is 1.00 bits per heavy atom. The van der Waals surface area contributed by atoms with Crippen LogP contribution in [-0.2, 0) is 21.7 Å². The summed E-state index contributed by atoms with van der Waals surface area (Å²) in [5.41, 5.74) is 0. The average molecular weight is 251 g/mol. The van der Waals surface area contributed by atoms with Gasteiger partial charge in [0.2, 0.25) is 0 Å². The van der Waals surface area contributed by atoms with Gasteiger partial charge in [0, 0.05) is 21.7 Å². The van der Waals surface area contributed by atoms with E-state index in [1.165, 1.54) is 0 Å². The summed E-state index contributed by atoms with van der Waals surface area (Å²) in [5, 5.41) is 8.41. The zero-order chi connectivity index (χ0) is 7.72. The minimum Gasteiger partial charge on any atom is -0.392 e. The molecule has 0 heterocycles. The number of aliphatic hydroxyl groups is 1. The predicted molar refractivity (Wildman–Crippen MR) is 44.2 cm³/mol. The fraction of sp³-hybridized carbons (Fsp3) is 1.00. The Balaban J connectivity index is 0.000001000. The Bertz CT molecular complexity index is 110. The molecule has 0 spiro atoms. The molecule has 4 atom stereocenters. The average Bonchev–Trinajstić information content (AvgIpc) is 1.93. The smallest absolute Gasteiger partial charge is 0.0773 e. The van der Waals surface area contributed by atoms with Gasteiger partial charge in [-0.1, -0.05) is 0 Å². The molecule has 0 saturated heterocycles. The molecule has 4 unspecified atom stereocenters. The molecule has 1 N–H and O–H groups in total. The molecule has 0 radical (unpaired) electrons. The van der Waals surface area contributed by atoms with Crippen LogP contribution in [-0.4, -0.2) is 27.3 Å². The van der Waals surface area contributed by atoms with Gasteiger partial charge in [0.05, 0.1) is 22.2 Å². The first-order chi connectivity index (χ1) is 4.63. The molecule has 5 heteroatoms. The molecule has 0 aliphatic heterocycles. The van der Waals surface area contributed by atoms with Crippen LogP contribution < -0.4 is 0 Å². The molecule has 0 aromatic heterocycles. The van der Waals surface area contributed by atoms with Crippen LogP contribution >= 0.6 is 34.8 Å². The minimum atomic E-state index is -0.487. The summed E-state index contributed by atoms with van der Waals surface area (Å²) in [6.45, 7) is 0. The molecule has 1 aliphatic carbocycles. The quantitative estimate of drug-likeness (QED) is 0.515. The first-order valence-electron chi connectivity index (χ1n) is 3.23. The van der Waals surface area contributed by atoms with E-state index in [1.54, 1.807) is 0 Å². The van der Waals surface area contributed by atoms with E-state index in [0.29, 0.717) is 6.42 Å². The largest absolute Gasteiger partial charge is 0.392 e. The minimum absolute atomic E-state index is 0. The Morgan fingerprint density at radius 2 is 1.55 bits per heavy atom. The van der Waals surface area contributed by atoms with Crippen LogP contribution in [0.2, 0.25) is 0 Å². The molecule has 0 aromatic rings. The van der Waals surface area contributed by atoms with Crippen LogP contribution in [0, 0.1) is 0 Å². The van der Waals surface area contributed by atoms with Crippen molar-refractivity contribution in [2.75, 3.05) is 0 Å². The number of hydrogen-bond acceptors (Lipinski definition) is 1. The fourth-order valence-electron chi connectivity index (χ4n) is 1.06. The predicted octanol–water partition coefficient (Wildman–Crippen LogP) is 1.96. The van der Waals surface area contributed by atoms with Gasteiger partial charge in [-0.2, -0.15) is 0 Å². The third kappa shape index (κ3) is 3.06. The molecule has 1 saturated carbocycles. The van der Waals surface area contributed by atoms with Crippen LogP contribution in [0.3, 0.4) is 0 Å². The summed E-state index contributed by atoms with van der Waals surface area (Å²) in [5.74, 6) is 0. The number of aliphatic hydroxyl groups excluding tert-OH is 1. The van der Waals surface area contributed by atoms with Crippen LogP contribution in [0.1, 0.15) is 12.8 Å². The van der Waals surface area contributed by atoms with Crippen molar-refractivity contribution in [3.8, 4) is 0 Å². The Morgan fingerprint density at radius 3 is 2.00 bits per heavy atom. The van der Waals surface area contributed by atoms with Crippen molar-refractivity contribution in [1.29, 1.82) is 0 Å². The van der Waals surface area contributed by atoms with Crippen molar-refractivity contribution < 1.29 is 26.8 Å². The third-order valence-corrected chi connectivity index (χ3v) is 3.64. The van der Waals surface area contributed by atoms with Crippen molar-refractivity contribution in [2.45, 2.75) is 35.1 Å².